The summed E-state index contributed by atoms with van der Waals surface area (Å²) in [5.41, 5.74) is -0.0111. The average Bonchev–Trinajstić information content (AvgIpc) is 2.42. The molecule has 0 bridgehead atoms. The summed E-state index contributed by atoms with van der Waals surface area (Å²) in [5, 5.41) is 11.3. The van der Waals surface area contributed by atoms with Crippen molar-refractivity contribution in [3.8, 4) is 5.75 Å². The van der Waals surface area contributed by atoms with Crippen molar-refractivity contribution in [3.05, 3.63) is 29.8 Å². The largest absolute Gasteiger partial charge is 0.481 e. The van der Waals surface area contributed by atoms with Crippen LogP contribution in [0.4, 0.5) is 8.78 Å². The molecule has 0 heterocycles. The Morgan fingerprint density at radius 2 is 2.00 bits per heavy atom. The summed E-state index contributed by atoms with van der Waals surface area (Å²) < 4.78 is 28.8. The Morgan fingerprint density at radius 1 is 1.33 bits per heavy atom. The van der Waals surface area contributed by atoms with E-state index < -0.39 is 18.5 Å². The number of amides is 1. The molecule has 1 unspecified atom stereocenters. The third-order valence-corrected chi connectivity index (χ3v) is 2.94. The molecule has 1 rings (SSSR count). The van der Waals surface area contributed by atoms with Crippen LogP contribution in [0.25, 0.3) is 0 Å². The molecule has 21 heavy (non-hydrogen) atoms. The van der Waals surface area contributed by atoms with Crippen molar-refractivity contribution in [2.75, 3.05) is 6.54 Å². The number of carboxylic acids is 1. The van der Waals surface area contributed by atoms with Gasteiger partial charge in [-0.15, -0.1) is 0 Å². The number of halogens is 2. The van der Waals surface area contributed by atoms with E-state index in [4.69, 9.17) is 5.11 Å². The van der Waals surface area contributed by atoms with Gasteiger partial charge in [0.15, 0.2) is 0 Å². The van der Waals surface area contributed by atoms with Gasteiger partial charge in [-0.2, -0.15) is 8.78 Å². The van der Waals surface area contributed by atoms with Gasteiger partial charge in [-0.05, 0) is 18.1 Å². The maximum absolute atomic E-state index is 12.3. The van der Waals surface area contributed by atoms with E-state index in [0.717, 1.165) is 0 Å². The Morgan fingerprint density at radius 3 is 2.57 bits per heavy atom. The molecular formula is C14H17F2NO4. The van der Waals surface area contributed by atoms with Gasteiger partial charge in [-0.25, -0.2) is 0 Å². The molecule has 0 saturated heterocycles. The van der Waals surface area contributed by atoms with E-state index in [2.05, 4.69) is 10.1 Å². The lowest BCUT2D eigenvalue weighted by Gasteiger charge is -2.15. The smallest absolute Gasteiger partial charge is 0.387 e. The lowest BCUT2D eigenvalue weighted by molar-refractivity contribution is -0.138. The first-order valence-electron chi connectivity index (χ1n) is 6.47. The topological polar surface area (TPSA) is 75.6 Å². The minimum absolute atomic E-state index is 0.0111. The second-order valence-electron chi connectivity index (χ2n) is 4.46. The van der Waals surface area contributed by atoms with Crippen LogP contribution in [0, 0.1) is 5.92 Å². The summed E-state index contributed by atoms with van der Waals surface area (Å²) in [6.07, 6.45) is 0.522. The number of hydrogen-bond donors (Lipinski definition) is 2. The number of rotatable bonds is 8. The zero-order valence-corrected chi connectivity index (χ0v) is 11.5. The molecule has 1 amide bonds. The molecule has 7 heteroatoms. The molecule has 5 nitrogen and oxygen atoms in total. The Hall–Kier alpha value is -2.18. The highest BCUT2D eigenvalue weighted by molar-refractivity contribution is 5.96. The fraction of sp³-hybridized carbons (Fsp3) is 0.429. The van der Waals surface area contributed by atoms with Crippen LogP contribution in [0.1, 0.15) is 30.1 Å². The van der Waals surface area contributed by atoms with Crippen molar-refractivity contribution < 1.29 is 28.2 Å². The van der Waals surface area contributed by atoms with Gasteiger partial charge in [0, 0.05) is 13.0 Å². The second kappa shape index (κ2) is 8.18. The van der Waals surface area contributed by atoms with E-state index in [9.17, 15) is 18.4 Å². The van der Waals surface area contributed by atoms with Crippen molar-refractivity contribution in [2.45, 2.75) is 26.4 Å². The minimum atomic E-state index is -3.02. The number of hydrogen-bond acceptors (Lipinski definition) is 3. The molecule has 0 saturated carbocycles. The minimum Gasteiger partial charge on any atom is -0.481 e. The quantitative estimate of drug-likeness (QED) is 0.773. The molecule has 0 spiro atoms. The maximum Gasteiger partial charge on any atom is 0.387 e. The summed E-state index contributed by atoms with van der Waals surface area (Å²) in [5.74, 6) is -1.95. The van der Waals surface area contributed by atoms with E-state index >= 15 is 0 Å². The highest BCUT2D eigenvalue weighted by Gasteiger charge is 2.17. The molecule has 1 atom stereocenters. The highest BCUT2D eigenvalue weighted by Crippen LogP contribution is 2.20. The van der Waals surface area contributed by atoms with Gasteiger partial charge in [-0.1, -0.05) is 25.5 Å². The fourth-order valence-electron chi connectivity index (χ4n) is 1.79. The van der Waals surface area contributed by atoms with Crippen molar-refractivity contribution in [1.82, 2.24) is 5.32 Å². The van der Waals surface area contributed by atoms with Crippen LogP contribution in [-0.4, -0.2) is 30.1 Å². The normalized spacial score (nSPS) is 12.0. The molecule has 1 aromatic carbocycles. The van der Waals surface area contributed by atoms with Gasteiger partial charge in [0.1, 0.15) is 5.75 Å². The first-order valence-corrected chi connectivity index (χ1v) is 6.47. The molecule has 0 aliphatic heterocycles. The Bertz CT molecular complexity index is 494. The van der Waals surface area contributed by atoms with Crippen molar-refractivity contribution in [2.24, 2.45) is 5.92 Å². The summed E-state index contributed by atoms with van der Waals surface area (Å²) >= 11 is 0. The number of aliphatic carboxylic acids is 1. The molecule has 116 valence electrons. The number of alkyl halides is 2. The third kappa shape index (κ3) is 5.76. The van der Waals surface area contributed by atoms with E-state index in [0.29, 0.717) is 6.42 Å². The Labute approximate surface area is 120 Å². The number of carboxylic acid groups (broad SMARTS) is 1. The van der Waals surface area contributed by atoms with Crippen LogP contribution in [0.3, 0.4) is 0 Å². The van der Waals surface area contributed by atoms with Crippen LogP contribution < -0.4 is 10.1 Å². The highest BCUT2D eigenvalue weighted by atomic mass is 19.3. The van der Waals surface area contributed by atoms with Gasteiger partial charge in [0.2, 0.25) is 0 Å². The standard InChI is InChI=1S/C14H17F2NO4/c1-2-9(7-12(18)19)8-17-13(20)10-5-3-4-6-11(10)21-14(15)16/h3-6,9,14H,2,7-8H2,1H3,(H,17,20)(H,18,19). The lowest BCUT2D eigenvalue weighted by atomic mass is 10.0. The van der Waals surface area contributed by atoms with Crippen LogP contribution in [-0.2, 0) is 4.79 Å². The Balaban J connectivity index is 2.69. The number of ether oxygens (including phenoxy) is 1. The van der Waals surface area contributed by atoms with Gasteiger partial charge in [0.25, 0.3) is 5.91 Å². The van der Waals surface area contributed by atoms with Gasteiger partial charge < -0.3 is 15.2 Å². The monoisotopic (exact) mass is 301 g/mol. The van der Waals surface area contributed by atoms with Crippen molar-refractivity contribution in [1.29, 1.82) is 0 Å². The SMILES string of the molecule is CCC(CNC(=O)c1ccccc1OC(F)F)CC(=O)O. The van der Waals surface area contributed by atoms with Crippen LogP contribution in [0.15, 0.2) is 24.3 Å². The molecule has 0 aromatic heterocycles. The van der Waals surface area contributed by atoms with E-state index in [1.54, 1.807) is 0 Å². The molecular weight excluding hydrogens is 284 g/mol. The predicted molar refractivity (Wildman–Crippen MR) is 71.4 cm³/mol. The number of nitrogens with one attached hydrogen (secondary N) is 1. The van der Waals surface area contributed by atoms with E-state index in [1.807, 2.05) is 6.92 Å². The average molecular weight is 301 g/mol. The summed E-state index contributed by atoms with van der Waals surface area (Å²) in [7, 11) is 0. The van der Waals surface area contributed by atoms with Crippen molar-refractivity contribution in [3.63, 3.8) is 0 Å². The molecule has 2 N–H and O–H groups in total. The molecule has 0 aliphatic rings. The fourth-order valence-corrected chi connectivity index (χ4v) is 1.79. The number of benzene rings is 1. The van der Waals surface area contributed by atoms with Crippen LogP contribution in [0.5, 0.6) is 5.75 Å². The van der Waals surface area contributed by atoms with Crippen LogP contribution >= 0.6 is 0 Å². The first-order chi connectivity index (χ1) is 9.93. The van der Waals surface area contributed by atoms with E-state index in [1.165, 1.54) is 24.3 Å². The molecule has 0 fully saturated rings. The zero-order chi connectivity index (χ0) is 15.8. The Kier molecular flexibility index (Phi) is 6.58. The summed E-state index contributed by atoms with van der Waals surface area (Å²) in [6.45, 7) is -1.05. The van der Waals surface area contributed by atoms with Gasteiger partial charge >= 0.3 is 12.6 Å². The maximum atomic E-state index is 12.3. The molecule has 0 aliphatic carbocycles. The van der Waals surface area contributed by atoms with Gasteiger partial charge in [-0.3, -0.25) is 9.59 Å². The number of carbonyl (C=O) groups is 2. The van der Waals surface area contributed by atoms with E-state index in [-0.39, 0.29) is 30.2 Å². The molecule has 0 radical (unpaired) electrons. The lowest BCUT2D eigenvalue weighted by Crippen LogP contribution is -2.30. The summed E-state index contributed by atoms with van der Waals surface area (Å²) in [4.78, 5) is 22.6. The second-order valence-corrected chi connectivity index (χ2v) is 4.46. The summed E-state index contributed by atoms with van der Waals surface area (Å²) in [6, 6.07) is 5.65. The number of para-hydroxylation sites is 1. The molecule has 1 aromatic rings. The van der Waals surface area contributed by atoms with Crippen molar-refractivity contribution >= 4 is 11.9 Å². The van der Waals surface area contributed by atoms with Crippen LogP contribution in [0.2, 0.25) is 0 Å². The number of carbonyl (C=O) groups excluding carboxylic acids is 1. The predicted octanol–water partition coefficient (Wildman–Crippen LogP) is 2.52. The zero-order valence-electron chi connectivity index (χ0n) is 11.5. The first kappa shape index (κ1) is 16.9. The van der Waals surface area contributed by atoms with Gasteiger partial charge in [0.05, 0.1) is 5.56 Å². The third-order valence-electron chi connectivity index (χ3n) is 2.94.